The minimum absolute atomic E-state index is 0.0137. The lowest BCUT2D eigenvalue weighted by atomic mass is 10.1. The summed E-state index contributed by atoms with van der Waals surface area (Å²) >= 11 is 0. The van der Waals surface area contributed by atoms with Crippen molar-refractivity contribution in [3.05, 3.63) is 48.0 Å². The molecule has 0 radical (unpaired) electrons. The standard InChI is InChI=1S/C23H32N4O4S/c1-4-31-20-6-8-21(9-7-20)32(29,30)24-12-11-23(28)25-22-10-5-19(17-18(22)2)27-15-13-26(3)14-16-27/h5-10,17,24H,4,11-16H2,1-3H3,(H,25,28). The van der Waals surface area contributed by atoms with Gasteiger partial charge in [-0.1, -0.05) is 0 Å². The molecule has 2 aromatic rings. The van der Waals surface area contributed by atoms with Gasteiger partial charge in [0.05, 0.1) is 11.5 Å². The molecule has 0 saturated carbocycles. The molecule has 1 aliphatic heterocycles. The first-order valence-electron chi connectivity index (χ1n) is 10.8. The second-order valence-electron chi connectivity index (χ2n) is 7.89. The third-order valence-corrected chi connectivity index (χ3v) is 6.92. The number of carbonyl (C=O) groups is 1. The molecule has 0 aromatic heterocycles. The van der Waals surface area contributed by atoms with Crippen molar-refractivity contribution >= 4 is 27.3 Å². The van der Waals surface area contributed by atoms with E-state index in [1.807, 2.05) is 26.0 Å². The lowest BCUT2D eigenvalue weighted by Crippen LogP contribution is -2.44. The van der Waals surface area contributed by atoms with Crippen LogP contribution in [0.3, 0.4) is 0 Å². The van der Waals surface area contributed by atoms with Crippen LogP contribution in [0.25, 0.3) is 0 Å². The molecule has 0 unspecified atom stereocenters. The molecule has 1 amide bonds. The molecule has 0 spiro atoms. The van der Waals surface area contributed by atoms with Gasteiger partial charge >= 0.3 is 0 Å². The van der Waals surface area contributed by atoms with Crippen LogP contribution >= 0.6 is 0 Å². The van der Waals surface area contributed by atoms with E-state index in [4.69, 9.17) is 4.74 Å². The van der Waals surface area contributed by atoms with Gasteiger partial charge in [0.2, 0.25) is 15.9 Å². The molecule has 3 rings (SSSR count). The molecular weight excluding hydrogens is 428 g/mol. The van der Waals surface area contributed by atoms with Gasteiger partial charge in [0, 0.05) is 50.5 Å². The van der Waals surface area contributed by atoms with Crippen molar-refractivity contribution in [3.8, 4) is 5.75 Å². The quantitative estimate of drug-likeness (QED) is 0.597. The summed E-state index contributed by atoms with van der Waals surface area (Å²) in [5.41, 5.74) is 2.86. The summed E-state index contributed by atoms with van der Waals surface area (Å²) in [7, 11) is -1.56. The number of amides is 1. The number of hydrogen-bond donors (Lipinski definition) is 2. The number of carbonyl (C=O) groups excluding carboxylic acids is 1. The van der Waals surface area contributed by atoms with E-state index in [-0.39, 0.29) is 23.8 Å². The summed E-state index contributed by atoms with van der Waals surface area (Å²) in [6, 6.07) is 12.2. The minimum Gasteiger partial charge on any atom is -0.494 e. The summed E-state index contributed by atoms with van der Waals surface area (Å²) in [6.07, 6.45) is 0.0376. The summed E-state index contributed by atoms with van der Waals surface area (Å²) in [5, 5.41) is 2.88. The van der Waals surface area contributed by atoms with Crippen molar-refractivity contribution in [3.63, 3.8) is 0 Å². The number of sulfonamides is 1. The minimum atomic E-state index is -3.69. The normalized spacial score (nSPS) is 14.9. The number of piperazine rings is 1. The highest BCUT2D eigenvalue weighted by molar-refractivity contribution is 7.89. The maximum Gasteiger partial charge on any atom is 0.240 e. The molecule has 1 heterocycles. The first-order chi connectivity index (χ1) is 15.3. The molecule has 2 aromatic carbocycles. The van der Waals surface area contributed by atoms with E-state index in [1.54, 1.807) is 12.1 Å². The zero-order valence-corrected chi connectivity index (χ0v) is 19.7. The van der Waals surface area contributed by atoms with Crippen molar-refractivity contribution in [1.29, 1.82) is 0 Å². The molecule has 8 nitrogen and oxygen atoms in total. The van der Waals surface area contributed by atoms with Gasteiger partial charge in [-0.25, -0.2) is 13.1 Å². The monoisotopic (exact) mass is 460 g/mol. The number of nitrogens with one attached hydrogen (secondary N) is 2. The molecule has 1 saturated heterocycles. The van der Waals surface area contributed by atoms with E-state index in [0.29, 0.717) is 12.4 Å². The molecule has 0 bridgehead atoms. The Bertz CT molecular complexity index is 1020. The van der Waals surface area contributed by atoms with Crippen LogP contribution in [-0.2, 0) is 14.8 Å². The zero-order valence-electron chi connectivity index (χ0n) is 18.9. The van der Waals surface area contributed by atoms with Gasteiger partial charge in [0.25, 0.3) is 0 Å². The predicted octanol–water partition coefficient (Wildman–Crippen LogP) is 2.45. The van der Waals surface area contributed by atoms with E-state index in [2.05, 4.69) is 33.0 Å². The third-order valence-electron chi connectivity index (χ3n) is 5.44. The van der Waals surface area contributed by atoms with Crippen LogP contribution < -0.4 is 19.7 Å². The largest absolute Gasteiger partial charge is 0.494 e. The molecule has 1 fully saturated rings. The Balaban J connectivity index is 1.50. The molecule has 174 valence electrons. The number of likely N-dealkylation sites (N-methyl/N-ethyl adjacent to an activating group) is 1. The smallest absolute Gasteiger partial charge is 0.240 e. The molecule has 2 N–H and O–H groups in total. The van der Waals surface area contributed by atoms with Crippen molar-refractivity contribution in [2.24, 2.45) is 0 Å². The highest BCUT2D eigenvalue weighted by atomic mass is 32.2. The number of aryl methyl sites for hydroxylation is 1. The Hall–Kier alpha value is -2.62. The van der Waals surface area contributed by atoms with Crippen molar-refractivity contribution in [2.45, 2.75) is 25.2 Å². The fourth-order valence-electron chi connectivity index (χ4n) is 3.53. The average molecular weight is 461 g/mol. The lowest BCUT2D eigenvalue weighted by Gasteiger charge is -2.34. The van der Waals surface area contributed by atoms with Gasteiger partial charge < -0.3 is 19.9 Å². The Kier molecular flexibility index (Phi) is 8.11. The van der Waals surface area contributed by atoms with E-state index in [1.165, 1.54) is 12.1 Å². The number of nitrogens with zero attached hydrogens (tertiary/aromatic N) is 2. The van der Waals surface area contributed by atoms with Crippen LogP contribution in [0.1, 0.15) is 18.9 Å². The van der Waals surface area contributed by atoms with Crippen LogP contribution in [0.2, 0.25) is 0 Å². The fourth-order valence-corrected chi connectivity index (χ4v) is 4.56. The highest BCUT2D eigenvalue weighted by Crippen LogP contribution is 2.24. The van der Waals surface area contributed by atoms with Crippen LogP contribution in [0, 0.1) is 6.92 Å². The first kappa shape index (κ1) is 24.0. The van der Waals surface area contributed by atoms with Crippen molar-refractivity contribution in [2.75, 3.05) is 56.6 Å². The maximum atomic E-state index is 12.4. The van der Waals surface area contributed by atoms with E-state index < -0.39 is 10.0 Å². The van der Waals surface area contributed by atoms with Gasteiger partial charge in [0.1, 0.15) is 5.75 Å². The molecule has 1 aliphatic rings. The van der Waals surface area contributed by atoms with Crippen LogP contribution in [0.4, 0.5) is 11.4 Å². The number of ether oxygens (including phenoxy) is 1. The second-order valence-corrected chi connectivity index (χ2v) is 9.66. The van der Waals surface area contributed by atoms with Crippen LogP contribution in [0.5, 0.6) is 5.75 Å². The van der Waals surface area contributed by atoms with Crippen molar-refractivity contribution in [1.82, 2.24) is 9.62 Å². The zero-order chi connectivity index (χ0) is 23.1. The molecular formula is C23H32N4O4S. The number of hydrogen-bond acceptors (Lipinski definition) is 6. The first-order valence-corrected chi connectivity index (χ1v) is 12.3. The van der Waals surface area contributed by atoms with Crippen molar-refractivity contribution < 1.29 is 17.9 Å². The maximum absolute atomic E-state index is 12.4. The average Bonchev–Trinajstić information content (AvgIpc) is 2.76. The summed E-state index contributed by atoms with van der Waals surface area (Å²) in [5.74, 6) is 0.370. The molecule has 0 aliphatic carbocycles. The van der Waals surface area contributed by atoms with Crippen LogP contribution in [0.15, 0.2) is 47.4 Å². The summed E-state index contributed by atoms with van der Waals surface area (Å²) in [6.45, 7) is 8.38. The fraction of sp³-hybridized carbons (Fsp3) is 0.435. The molecule has 0 atom stereocenters. The lowest BCUT2D eigenvalue weighted by molar-refractivity contribution is -0.116. The van der Waals surface area contributed by atoms with Gasteiger partial charge in [-0.2, -0.15) is 0 Å². The Morgan fingerprint density at radius 3 is 2.38 bits per heavy atom. The van der Waals surface area contributed by atoms with Crippen LogP contribution in [-0.4, -0.2) is 65.6 Å². The molecule has 32 heavy (non-hydrogen) atoms. The molecule has 9 heteroatoms. The summed E-state index contributed by atoms with van der Waals surface area (Å²) < 4.78 is 32.6. The predicted molar refractivity (Wildman–Crippen MR) is 127 cm³/mol. The number of anilines is 2. The van der Waals surface area contributed by atoms with Gasteiger partial charge in [-0.3, -0.25) is 4.79 Å². The van der Waals surface area contributed by atoms with Gasteiger partial charge in [0.15, 0.2) is 0 Å². The highest BCUT2D eigenvalue weighted by Gasteiger charge is 2.16. The number of benzene rings is 2. The number of rotatable bonds is 9. The van der Waals surface area contributed by atoms with E-state index >= 15 is 0 Å². The Labute approximate surface area is 190 Å². The summed E-state index contributed by atoms with van der Waals surface area (Å²) in [4.78, 5) is 17.1. The SMILES string of the molecule is CCOc1ccc(S(=O)(=O)NCCC(=O)Nc2ccc(N3CCN(C)CC3)cc2C)cc1. The third kappa shape index (κ3) is 6.44. The van der Waals surface area contributed by atoms with Gasteiger partial charge in [-0.05, 0) is 68.9 Å². The Morgan fingerprint density at radius 2 is 1.75 bits per heavy atom. The van der Waals surface area contributed by atoms with Gasteiger partial charge in [-0.15, -0.1) is 0 Å². The second kappa shape index (κ2) is 10.8. The topological polar surface area (TPSA) is 91.0 Å². The van der Waals surface area contributed by atoms with E-state index in [9.17, 15) is 13.2 Å². The van der Waals surface area contributed by atoms with E-state index in [0.717, 1.165) is 43.1 Å². The Morgan fingerprint density at radius 1 is 1.06 bits per heavy atom.